The summed E-state index contributed by atoms with van der Waals surface area (Å²) in [5.41, 5.74) is 2.30. The maximum absolute atomic E-state index is 11.2. The SMILES string of the molecule is CN=C(NCc1cccc(N(C)C)c1)NC(C)CCS(C)(=O)=O. The lowest BCUT2D eigenvalue weighted by molar-refractivity contribution is 0.581. The Morgan fingerprint density at radius 2 is 2.04 bits per heavy atom. The predicted molar refractivity (Wildman–Crippen MR) is 97.9 cm³/mol. The van der Waals surface area contributed by atoms with Crippen molar-refractivity contribution in [2.45, 2.75) is 25.9 Å². The highest BCUT2D eigenvalue weighted by Gasteiger charge is 2.09. The lowest BCUT2D eigenvalue weighted by Crippen LogP contribution is -2.42. The molecule has 0 saturated heterocycles. The molecule has 0 amide bonds. The van der Waals surface area contributed by atoms with Gasteiger partial charge in [-0.2, -0.15) is 0 Å². The maximum atomic E-state index is 11.2. The van der Waals surface area contributed by atoms with Gasteiger partial charge in [-0.15, -0.1) is 0 Å². The van der Waals surface area contributed by atoms with Crippen molar-refractivity contribution in [3.8, 4) is 0 Å². The van der Waals surface area contributed by atoms with Crippen LogP contribution in [0.3, 0.4) is 0 Å². The Hall–Kier alpha value is -1.76. The summed E-state index contributed by atoms with van der Waals surface area (Å²) in [5.74, 6) is 0.838. The van der Waals surface area contributed by atoms with Crippen LogP contribution in [0, 0.1) is 0 Å². The van der Waals surface area contributed by atoms with Gasteiger partial charge in [-0.1, -0.05) is 12.1 Å². The first-order valence-corrected chi connectivity index (χ1v) is 9.68. The van der Waals surface area contributed by atoms with E-state index in [0.29, 0.717) is 18.9 Å². The molecule has 0 aliphatic rings. The van der Waals surface area contributed by atoms with E-state index >= 15 is 0 Å². The Bertz CT molecular complexity index is 627. The topological polar surface area (TPSA) is 73.8 Å². The van der Waals surface area contributed by atoms with E-state index in [-0.39, 0.29) is 11.8 Å². The van der Waals surface area contributed by atoms with E-state index in [0.717, 1.165) is 11.3 Å². The molecule has 0 heterocycles. The van der Waals surface area contributed by atoms with Crippen molar-refractivity contribution >= 4 is 21.5 Å². The van der Waals surface area contributed by atoms with Gasteiger partial charge in [0.15, 0.2) is 5.96 Å². The van der Waals surface area contributed by atoms with Crippen LogP contribution in [0.2, 0.25) is 0 Å². The second-order valence-electron chi connectivity index (χ2n) is 5.95. The molecule has 1 aromatic carbocycles. The summed E-state index contributed by atoms with van der Waals surface area (Å²) in [6.07, 6.45) is 1.81. The molecule has 23 heavy (non-hydrogen) atoms. The molecule has 0 spiro atoms. The molecule has 2 N–H and O–H groups in total. The molecule has 0 saturated carbocycles. The summed E-state index contributed by atoms with van der Waals surface area (Å²) >= 11 is 0. The molecule has 0 fully saturated rings. The predicted octanol–water partition coefficient (Wildman–Crippen LogP) is 1.24. The van der Waals surface area contributed by atoms with Crippen molar-refractivity contribution in [3.63, 3.8) is 0 Å². The summed E-state index contributed by atoms with van der Waals surface area (Å²) in [6, 6.07) is 8.29. The quantitative estimate of drug-likeness (QED) is 0.577. The van der Waals surface area contributed by atoms with Crippen molar-refractivity contribution in [3.05, 3.63) is 29.8 Å². The lowest BCUT2D eigenvalue weighted by Gasteiger charge is -2.18. The van der Waals surface area contributed by atoms with E-state index < -0.39 is 9.84 Å². The number of benzene rings is 1. The Labute approximate surface area is 139 Å². The molecule has 7 heteroatoms. The van der Waals surface area contributed by atoms with Gasteiger partial charge in [-0.05, 0) is 31.0 Å². The number of nitrogens with one attached hydrogen (secondary N) is 2. The van der Waals surface area contributed by atoms with Crippen LogP contribution >= 0.6 is 0 Å². The van der Waals surface area contributed by atoms with Crippen LogP contribution in [0.1, 0.15) is 18.9 Å². The summed E-state index contributed by atoms with van der Waals surface area (Å²) < 4.78 is 22.4. The fourth-order valence-corrected chi connectivity index (χ4v) is 2.80. The maximum Gasteiger partial charge on any atom is 0.191 e. The number of anilines is 1. The van der Waals surface area contributed by atoms with Gasteiger partial charge in [0.25, 0.3) is 0 Å². The third-order valence-electron chi connectivity index (χ3n) is 3.42. The average Bonchev–Trinajstić information content (AvgIpc) is 2.49. The number of sulfone groups is 1. The van der Waals surface area contributed by atoms with Crippen LogP contribution < -0.4 is 15.5 Å². The summed E-state index contributed by atoms with van der Waals surface area (Å²) in [5, 5.41) is 6.46. The monoisotopic (exact) mass is 340 g/mol. The molecule has 0 aliphatic carbocycles. The summed E-state index contributed by atoms with van der Waals surface area (Å²) in [7, 11) is 2.79. The molecule has 1 atom stereocenters. The third-order valence-corrected chi connectivity index (χ3v) is 4.39. The molecule has 0 aliphatic heterocycles. The van der Waals surface area contributed by atoms with Gasteiger partial charge in [-0.25, -0.2) is 8.42 Å². The van der Waals surface area contributed by atoms with Crippen molar-refractivity contribution in [1.29, 1.82) is 0 Å². The van der Waals surface area contributed by atoms with E-state index in [1.807, 2.05) is 27.1 Å². The standard InChI is InChI=1S/C16H28N4O2S/c1-13(9-10-23(5,21)22)19-16(17-2)18-12-14-7-6-8-15(11-14)20(3)4/h6-8,11,13H,9-10,12H2,1-5H3,(H2,17,18,19). The molecule has 1 unspecified atom stereocenters. The van der Waals surface area contributed by atoms with Gasteiger partial charge >= 0.3 is 0 Å². The molecule has 0 aromatic heterocycles. The second-order valence-corrected chi connectivity index (χ2v) is 8.21. The van der Waals surface area contributed by atoms with Crippen molar-refractivity contribution in [2.75, 3.05) is 38.1 Å². The van der Waals surface area contributed by atoms with Crippen LogP contribution in [0.5, 0.6) is 0 Å². The van der Waals surface area contributed by atoms with Gasteiger partial charge in [0.05, 0.1) is 5.75 Å². The van der Waals surface area contributed by atoms with Crippen molar-refractivity contribution < 1.29 is 8.42 Å². The number of hydrogen-bond acceptors (Lipinski definition) is 4. The van der Waals surface area contributed by atoms with Crippen LogP contribution in [0.25, 0.3) is 0 Å². The normalized spacial score (nSPS) is 13.5. The number of aliphatic imine (C=N–C) groups is 1. The van der Waals surface area contributed by atoms with Gasteiger partial charge in [0.1, 0.15) is 9.84 Å². The average molecular weight is 340 g/mol. The highest BCUT2D eigenvalue weighted by molar-refractivity contribution is 7.90. The first-order chi connectivity index (χ1) is 10.7. The van der Waals surface area contributed by atoms with E-state index in [9.17, 15) is 8.42 Å². The van der Waals surface area contributed by atoms with Crippen LogP contribution in [0.4, 0.5) is 5.69 Å². The molecule has 1 aromatic rings. The van der Waals surface area contributed by atoms with Gasteiger partial charge in [0, 0.05) is 45.7 Å². The highest BCUT2D eigenvalue weighted by atomic mass is 32.2. The first kappa shape index (κ1) is 19.3. The molecule has 0 bridgehead atoms. The second kappa shape index (κ2) is 8.76. The summed E-state index contributed by atoms with van der Waals surface area (Å²) in [4.78, 5) is 6.24. The van der Waals surface area contributed by atoms with Crippen LogP contribution in [-0.4, -0.2) is 53.6 Å². The molecule has 0 radical (unpaired) electrons. The van der Waals surface area contributed by atoms with E-state index in [4.69, 9.17) is 0 Å². The zero-order valence-corrected chi connectivity index (χ0v) is 15.4. The minimum absolute atomic E-state index is 0.0315. The van der Waals surface area contributed by atoms with Crippen LogP contribution in [-0.2, 0) is 16.4 Å². The fraction of sp³-hybridized carbons (Fsp3) is 0.562. The largest absolute Gasteiger partial charge is 0.378 e. The van der Waals surface area contributed by atoms with E-state index in [1.165, 1.54) is 6.26 Å². The number of guanidine groups is 1. The Morgan fingerprint density at radius 1 is 1.35 bits per heavy atom. The van der Waals surface area contributed by atoms with E-state index in [1.54, 1.807) is 7.05 Å². The van der Waals surface area contributed by atoms with E-state index in [2.05, 4.69) is 38.7 Å². The van der Waals surface area contributed by atoms with Gasteiger partial charge in [0.2, 0.25) is 0 Å². The number of nitrogens with zero attached hydrogens (tertiary/aromatic N) is 2. The summed E-state index contributed by atoms with van der Waals surface area (Å²) in [6.45, 7) is 2.60. The van der Waals surface area contributed by atoms with Gasteiger partial charge in [-0.3, -0.25) is 4.99 Å². The molecule has 6 nitrogen and oxygen atoms in total. The zero-order valence-electron chi connectivity index (χ0n) is 14.6. The van der Waals surface area contributed by atoms with Crippen LogP contribution in [0.15, 0.2) is 29.3 Å². The van der Waals surface area contributed by atoms with Gasteiger partial charge < -0.3 is 15.5 Å². The van der Waals surface area contributed by atoms with Crippen molar-refractivity contribution in [1.82, 2.24) is 10.6 Å². The lowest BCUT2D eigenvalue weighted by atomic mass is 10.2. The number of hydrogen-bond donors (Lipinski definition) is 2. The third kappa shape index (κ3) is 7.88. The first-order valence-electron chi connectivity index (χ1n) is 7.62. The smallest absolute Gasteiger partial charge is 0.191 e. The molecular weight excluding hydrogens is 312 g/mol. The molecule has 130 valence electrons. The zero-order chi connectivity index (χ0) is 17.5. The molecule has 1 rings (SSSR count). The minimum Gasteiger partial charge on any atom is -0.378 e. The Balaban J connectivity index is 2.52. The minimum atomic E-state index is -2.93. The highest BCUT2D eigenvalue weighted by Crippen LogP contribution is 2.13. The van der Waals surface area contributed by atoms with Crippen molar-refractivity contribution in [2.24, 2.45) is 4.99 Å². The molecular formula is C16H28N4O2S. The fourth-order valence-electron chi connectivity index (χ4n) is 2.02. The Morgan fingerprint density at radius 3 is 2.61 bits per heavy atom. The number of rotatable bonds is 7. The Kier molecular flexibility index (Phi) is 7.35.